The number of primary amides is 1. The van der Waals surface area contributed by atoms with Crippen LogP contribution in [0, 0.1) is 19.8 Å². The first-order valence-corrected chi connectivity index (χ1v) is 6.49. The highest BCUT2D eigenvalue weighted by molar-refractivity contribution is 5.96. The summed E-state index contributed by atoms with van der Waals surface area (Å²) in [5, 5.41) is 3.80. The smallest absolute Gasteiger partial charge is 0.259 e. The number of carbonyl (C=O) groups excluding carboxylic acids is 2. The average molecular weight is 265 g/mol. The third-order valence-electron chi connectivity index (χ3n) is 3.64. The standard InChI is InChI=1S/C13H19N3O3/c1-8-12(9(2)19-15-8)13(18)16-5-3-10(4-6-16)7-11(14)17/h10H,3-7H2,1-2H3,(H2,14,17). The van der Waals surface area contributed by atoms with Crippen LogP contribution in [-0.4, -0.2) is 35.0 Å². The molecule has 0 aliphatic carbocycles. The van der Waals surface area contributed by atoms with Gasteiger partial charge in [0, 0.05) is 19.5 Å². The zero-order valence-electron chi connectivity index (χ0n) is 11.3. The molecular weight excluding hydrogens is 246 g/mol. The molecule has 0 atom stereocenters. The highest BCUT2D eigenvalue weighted by Crippen LogP contribution is 2.23. The van der Waals surface area contributed by atoms with Gasteiger partial charge in [0.05, 0.1) is 5.69 Å². The van der Waals surface area contributed by atoms with Crippen molar-refractivity contribution in [3.8, 4) is 0 Å². The maximum Gasteiger partial charge on any atom is 0.259 e. The minimum atomic E-state index is -0.268. The number of aryl methyl sites for hydroxylation is 2. The second kappa shape index (κ2) is 5.42. The van der Waals surface area contributed by atoms with Crippen molar-refractivity contribution in [1.82, 2.24) is 10.1 Å². The summed E-state index contributed by atoms with van der Waals surface area (Å²) in [5.74, 6) is 0.553. The molecule has 1 aromatic rings. The fraction of sp³-hybridized carbons (Fsp3) is 0.615. The summed E-state index contributed by atoms with van der Waals surface area (Å²) in [6.07, 6.45) is 2.05. The van der Waals surface area contributed by atoms with Gasteiger partial charge in [0.15, 0.2) is 0 Å². The summed E-state index contributed by atoms with van der Waals surface area (Å²) in [6, 6.07) is 0. The molecule has 0 bridgehead atoms. The maximum absolute atomic E-state index is 12.4. The maximum atomic E-state index is 12.4. The molecule has 6 nitrogen and oxygen atoms in total. The van der Waals surface area contributed by atoms with Gasteiger partial charge in [0.1, 0.15) is 11.3 Å². The van der Waals surface area contributed by atoms with Crippen LogP contribution in [0.5, 0.6) is 0 Å². The third kappa shape index (κ3) is 2.94. The molecule has 2 rings (SSSR count). The van der Waals surface area contributed by atoms with E-state index in [-0.39, 0.29) is 11.8 Å². The van der Waals surface area contributed by atoms with E-state index in [1.807, 2.05) is 0 Å². The molecule has 0 unspecified atom stereocenters. The van der Waals surface area contributed by atoms with Crippen LogP contribution in [0.4, 0.5) is 0 Å². The van der Waals surface area contributed by atoms with E-state index in [2.05, 4.69) is 5.16 Å². The van der Waals surface area contributed by atoms with Gasteiger partial charge in [0.2, 0.25) is 5.91 Å². The number of amides is 2. The van der Waals surface area contributed by atoms with E-state index in [4.69, 9.17) is 10.3 Å². The molecule has 0 spiro atoms. The Morgan fingerprint density at radius 1 is 1.37 bits per heavy atom. The van der Waals surface area contributed by atoms with Gasteiger partial charge in [-0.05, 0) is 32.6 Å². The topological polar surface area (TPSA) is 89.4 Å². The van der Waals surface area contributed by atoms with Crippen molar-refractivity contribution >= 4 is 11.8 Å². The molecule has 19 heavy (non-hydrogen) atoms. The lowest BCUT2D eigenvalue weighted by atomic mass is 9.93. The number of nitrogens with zero attached hydrogens (tertiary/aromatic N) is 2. The molecule has 104 valence electrons. The van der Waals surface area contributed by atoms with E-state index >= 15 is 0 Å². The van der Waals surface area contributed by atoms with Crippen LogP contribution in [0.15, 0.2) is 4.52 Å². The summed E-state index contributed by atoms with van der Waals surface area (Å²) < 4.78 is 5.02. The Kier molecular flexibility index (Phi) is 3.87. The first kappa shape index (κ1) is 13.6. The molecule has 6 heteroatoms. The monoisotopic (exact) mass is 265 g/mol. The van der Waals surface area contributed by atoms with Gasteiger partial charge in [-0.2, -0.15) is 0 Å². The van der Waals surface area contributed by atoms with E-state index in [0.717, 1.165) is 12.8 Å². The molecule has 1 aliphatic rings. The van der Waals surface area contributed by atoms with Crippen LogP contribution in [0.3, 0.4) is 0 Å². The molecule has 1 aliphatic heterocycles. The fourth-order valence-corrected chi connectivity index (χ4v) is 2.57. The largest absolute Gasteiger partial charge is 0.370 e. The quantitative estimate of drug-likeness (QED) is 0.883. The molecule has 0 aromatic carbocycles. The van der Waals surface area contributed by atoms with Gasteiger partial charge in [-0.15, -0.1) is 0 Å². The van der Waals surface area contributed by atoms with Crippen molar-refractivity contribution in [1.29, 1.82) is 0 Å². The number of likely N-dealkylation sites (tertiary alicyclic amines) is 1. The fourth-order valence-electron chi connectivity index (χ4n) is 2.57. The highest BCUT2D eigenvalue weighted by Gasteiger charge is 2.27. The molecule has 1 saturated heterocycles. The van der Waals surface area contributed by atoms with E-state index in [9.17, 15) is 9.59 Å². The lowest BCUT2D eigenvalue weighted by Gasteiger charge is -2.31. The first-order chi connectivity index (χ1) is 8.99. The van der Waals surface area contributed by atoms with Gasteiger partial charge in [-0.1, -0.05) is 5.16 Å². The Morgan fingerprint density at radius 3 is 2.47 bits per heavy atom. The van der Waals surface area contributed by atoms with E-state index < -0.39 is 0 Å². The summed E-state index contributed by atoms with van der Waals surface area (Å²) >= 11 is 0. The summed E-state index contributed by atoms with van der Waals surface area (Å²) in [4.78, 5) is 25.0. The van der Waals surface area contributed by atoms with Gasteiger partial charge in [0.25, 0.3) is 5.91 Å². The molecular formula is C13H19N3O3. The molecule has 2 N–H and O–H groups in total. The Labute approximate surface area is 111 Å². The molecule has 1 fully saturated rings. The lowest BCUT2D eigenvalue weighted by molar-refractivity contribution is -0.119. The van der Waals surface area contributed by atoms with Crippen molar-refractivity contribution in [2.24, 2.45) is 11.7 Å². The molecule has 1 aromatic heterocycles. The Morgan fingerprint density at radius 2 is 2.00 bits per heavy atom. The number of hydrogen-bond acceptors (Lipinski definition) is 4. The second-order valence-electron chi connectivity index (χ2n) is 5.11. The van der Waals surface area contributed by atoms with Gasteiger partial charge < -0.3 is 15.2 Å². The van der Waals surface area contributed by atoms with Crippen molar-refractivity contribution in [3.63, 3.8) is 0 Å². The Balaban J connectivity index is 1.98. The number of piperidine rings is 1. The van der Waals surface area contributed by atoms with E-state index in [1.165, 1.54) is 0 Å². The molecule has 0 saturated carbocycles. The molecule has 2 heterocycles. The molecule has 2 amide bonds. The minimum Gasteiger partial charge on any atom is -0.370 e. The summed E-state index contributed by atoms with van der Waals surface area (Å²) in [6.45, 7) is 4.82. The summed E-state index contributed by atoms with van der Waals surface area (Å²) in [5.41, 5.74) is 6.38. The lowest BCUT2D eigenvalue weighted by Crippen LogP contribution is -2.39. The van der Waals surface area contributed by atoms with Crippen molar-refractivity contribution < 1.29 is 14.1 Å². The number of hydrogen-bond donors (Lipinski definition) is 1. The summed E-state index contributed by atoms with van der Waals surface area (Å²) in [7, 11) is 0. The van der Waals surface area contributed by atoms with Crippen LogP contribution in [0.25, 0.3) is 0 Å². The van der Waals surface area contributed by atoms with Gasteiger partial charge in [-0.25, -0.2) is 0 Å². The van der Waals surface area contributed by atoms with E-state index in [0.29, 0.717) is 42.4 Å². The van der Waals surface area contributed by atoms with Crippen LogP contribution in [0.1, 0.15) is 41.1 Å². The Bertz CT molecular complexity index is 468. The number of rotatable bonds is 3. The third-order valence-corrected chi connectivity index (χ3v) is 3.64. The van der Waals surface area contributed by atoms with Crippen molar-refractivity contribution in [2.45, 2.75) is 33.1 Å². The first-order valence-electron chi connectivity index (χ1n) is 6.49. The predicted molar refractivity (Wildman–Crippen MR) is 68.4 cm³/mol. The second-order valence-corrected chi connectivity index (χ2v) is 5.11. The van der Waals surface area contributed by atoms with Crippen LogP contribution in [-0.2, 0) is 4.79 Å². The SMILES string of the molecule is Cc1noc(C)c1C(=O)N1CCC(CC(N)=O)CC1. The van der Waals surface area contributed by atoms with Crippen molar-refractivity contribution in [2.75, 3.05) is 13.1 Å². The van der Waals surface area contributed by atoms with Crippen LogP contribution >= 0.6 is 0 Å². The molecule has 0 radical (unpaired) electrons. The average Bonchev–Trinajstić information content (AvgIpc) is 2.68. The van der Waals surface area contributed by atoms with Crippen LogP contribution < -0.4 is 5.73 Å². The van der Waals surface area contributed by atoms with Gasteiger partial charge in [-0.3, -0.25) is 9.59 Å². The number of aromatic nitrogens is 1. The zero-order valence-corrected chi connectivity index (χ0v) is 11.3. The highest BCUT2D eigenvalue weighted by atomic mass is 16.5. The van der Waals surface area contributed by atoms with Crippen molar-refractivity contribution in [3.05, 3.63) is 17.0 Å². The minimum absolute atomic E-state index is 0.0335. The predicted octanol–water partition coefficient (Wildman–Crippen LogP) is 1.02. The zero-order chi connectivity index (χ0) is 14.0. The van der Waals surface area contributed by atoms with Gasteiger partial charge >= 0.3 is 0 Å². The van der Waals surface area contributed by atoms with Crippen LogP contribution in [0.2, 0.25) is 0 Å². The Hall–Kier alpha value is -1.85. The van der Waals surface area contributed by atoms with E-state index in [1.54, 1.807) is 18.7 Å². The number of carbonyl (C=O) groups is 2. The normalized spacial score (nSPS) is 16.6. The number of nitrogens with two attached hydrogens (primary N) is 1.